The van der Waals surface area contributed by atoms with E-state index >= 15 is 0 Å². The Morgan fingerprint density at radius 2 is 1.40 bits per heavy atom. The van der Waals surface area contributed by atoms with Gasteiger partial charge in [-0.25, -0.2) is 0 Å². The molecule has 168 valence electrons. The van der Waals surface area contributed by atoms with Crippen molar-refractivity contribution in [2.45, 2.75) is 13.8 Å². The van der Waals surface area contributed by atoms with Crippen LogP contribution >= 0.6 is 0 Å². The average Bonchev–Trinajstić information content (AvgIpc) is 2.90. The lowest BCUT2D eigenvalue weighted by molar-refractivity contribution is 1.01. The predicted molar refractivity (Wildman–Crippen MR) is 145 cm³/mol. The average molecular weight is 453 g/mol. The zero-order chi connectivity index (χ0) is 23.9. The largest absolute Gasteiger partial charge is 0.273 e. The van der Waals surface area contributed by atoms with Gasteiger partial charge in [0.2, 0.25) is 0 Å². The molecule has 35 heavy (non-hydrogen) atoms. The van der Waals surface area contributed by atoms with Gasteiger partial charge in [0, 0.05) is 22.5 Å². The Balaban J connectivity index is 1.91. The van der Waals surface area contributed by atoms with Gasteiger partial charge in [0.25, 0.3) is 5.56 Å². The predicted octanol–water partition coefficient (Wildman–Crippen LogP) is 7.49. The van der Waals surface area contributed by atoms with Crippen LogP contribution in [0.2, 0.25) is 0 Å². The highest BCUT2D eigenvalue weighted by atomic mass is 16.1. The molecule has 0 unspecified atom stereocenters. The van der Waals surface area contributed by atoms with Gasteiger partial charge in [0.15, 0.2) is 0 Å². The summed E-state index contributed by atoms with van der Waals surface area (Å²) >= 11 is 0. The van der Waals surface area contributed by atoms with Crippen molar-refractivity contribution in [3.8, 4) is 28.1 Å². The van der Waals surface area contributed by atoms with Gasteiger partial charge in [0.05, 0.1) is 16.9 Å². The maximum Gasteiger partial charge on any atom is 0.263 e. The summed E-state index contributed by atoms with van der Waals surface area (Å²) in [6.45, 7) is 4.12. The summed E-state index contributed by atoms with van der Waals surface area (Å²) < 4.78 is 1.89. The van der Waals surface area contributed by atoms with Crippen molar-refractivity contribution in [3.05, 3.63) is 131 Å². The fourth-order valence-electron chi connectivity index (χ4n) is 5.01. The van der Waals surface area contributed by atoms with Crippen molar-refractivity contribution in [3.63, 3.8) is 0 Å². The number of rotatable bonds is 3. The second-order valence-electron chi connectivity index (χ2n) is 8.95. The molecule has 0 aliphatic rings. The lowest BCUT2D eigenvalue weighted by Gasteiger charge is -2.23. The summed E-state index contributed by atoms with van der Waals surface area (Å²) in [4.78, 5) is 19.1. The molecule has 0 aliphatic heterocycles. The SMILES string of the molecule is Cc1ccc2c(=O)n(-c3c(C)ccc4cccnc34)c(-c3ccccc3)c(-c3ccccc3)c2c1. The number of hydrogen-bond acceptors (Lipinski definition) is 2. The van der Waals surface area contributed by atoms with Crippen LogP contribution in [0.5, 0.6) is 0 Å². The molecule has 0 fully saturated rings. The van der Waals surface area contributed by atoms with E-state index in [0.29, 0.717) is 5.39 Å². The van der Waals surface area contributed by atoms with Crippen LogP contribution < -0.4 is 5.56 Å². The number of fused-ring (bicyclic) bond motifs is 2. The fraction of sp³-hybridized carbons (Fsp3) is 0.0625. The summed E-state index contributed by atoms with van der Waals surface area (Å²) in [6, 6.07) is 34.8. The van der Waals surface area contributed by atoms with Gasteiger partial charge in [-0.3, -0.25) is 14.3 Å². The van der Waals surface area contributed by atoms with Crippen LogP contribution in [0.4, 0.5) is 0 Å². The molecule has 0 saturated heterocycles. The molecule has 3 heteroatoms. The summed E-state index contributed by atoms with van der Waals surface area (Å²) in [7, 11) is 0. The zero-order valence-electron chi connectivity index (χ0n) is 19.7. The summed E-state index contributed by atoms with van der Waals surface area (Å²) in [5, 5.41) is 2.66. The van der Waals surface area contributed by atoms with Gasteiger partial charge in [-0.15, -0.1) is 0 Å². The molecule has 0 N–H and O–H groups in total. The van der Waals surface area contributed by atoms with Crippen LogP contribution in [-0.4, -0.2) is 9.55 Å². The number of pyridine rings is 2. The minimum atomic E-state index is -0.0419. The molecule has 0 atom stereocenters. The van der Waals surface area contributed by atoms with Crippen molar-refractivity contribution in [1.29, 1.82) is 0 Å². The number of nitrogens with zero attached hydrogens (tertiary/aromatic N) is 2. The normalized spacial score (nSPS) is 11.3. The number of benzene rings is 4. The summed E-state index contributed by atoms with van der Waals surface area (Å²) in [6.07, 6.45) is 1.79. The highest BCUT2D eigenvalue weighted by Crippen LogP contribution is 2.39. The molecule has 6 rings (SSSR count). The van der Waals surface area contributed by atoms with Crippen LogP contribution in [0.3, 0.4) is 0 Å². The third kappa shape index (κ3) is 3.44. The standard InChI is InChI=1S/C32H24N2O/c1-21-15-18-26-27(20-21)28(23-10-5-3-6-11-23)31(25-12-7-4-8-13-25)34(32(26)35)30-22(2)16-17-24-14-9-19-33-29(24)30/h3-20H,1-2H3. The van der Waals surface area contributed by atoms with E-state index in [9.17, 15) is 4.79 Å². The van der Waals surface area contributed by atoms with Crippen molar-refractivity contribution in [2.24, 2.45) is 0 Å². The minimum absolute atomic E-state index is 0.0419. The molecule has 2 aromatic heterocycles. The highest BCUT2D eigenvalue weighted by molar-refractivity contribution is 6.04. The Morgan fingerprint density at radius 3 is 2.14 bits per heavy atom. The van der Waals surface area contributed by atoms with Crippen LogP contribution in [0.25, 0.3) is 49.7 Å². The van der Waals surface area contributed by atoms with E-state index in [2.05, 4.69) is 49.4 Å². The summed E-state index contributed by atoms with van der Waals surface area (Å²) in [5.41, 5.74) is 7.70. The first kappa shape index (κ1) is 21.1. The first-order chi connectivity index (χ1) is 17.1. The fourth-order valence-corrected chi connectivity index (χ4v) is 5.01. The maximum atomic E-state index is 14.3. The van der Waals surface area contributed by atoms with Crippen LogP contribution in [0.1, 0.15) is 11.1 Å². The number of aromatic nitrogens is 2. The lowest BCUT2D eigenvalue weighted by atomic mass is 9.92. The Bertz CT molecular complexity index is 1770. The zero-order valence-corrected chi connectivity index (χ0v) is 19.7. The molecule has 0 saturated carbocycles. The molecular formula is C32H24N2O. The van der Waals surface area contributed by atoms with Gasteiger partial charge in [-0.2, -0.15) is 0 Å². The molecule has 0 bridgehead atoms. The lowest BCUT2D eigenvalue weighted by Crippen LogP contribution is -2.23. The van der Waals surface area contributed by atoms with Gasteiger partial charge >= 0.3 is 0 Å². The Morgan fingerprint density at radius 1 is 0.686 bits per heavy atom. The second-order valence-corrected chi connectivity index (χ2v) is 8.95. The summed E-state index contributed by atoms with van der Waals surface area (Å²) in [5.74, 6) is 0. The molecule has 6 aromatic rings. The molecule has 0 radical (unpaired) electrons. The Kier molecular flexibility index (Phi) is 5.04. The van der Waals surface area contributed by atoms with Crippen molar-refractivity contribution in [2.75, 3.05) is 0 Å². The van der Waals surface area contributed by atoms with E-state index in [4.69, 9.17) is 4.98 Å². The highest BCUT2D eigenvalue weighted by Gasteiger charge is 2.23. The Labute approximate surface area is 204 Å². The molecular weight excluding hydrogens is 428 g/mol. The monoisotopic (exact) mass is 452 g/mol. The van der Waals surface area contributed by atoms with E-state index < -0.39 is 0 Å². The molecule has 2 heterocycles. The molecule has 0 amide bonds. The molecule has 0 spiro atoms. The van der Waals surface area contributed by atoms with Gasteiger partial charge < -0.3 is 0 Å². The second kappa shape index (κ2) is 8.37. The van der Waals surface area contributed by atoms with Crippen LogP contribution in [0, 0.1) is 13.8 Å². The smallest absolute Gasteiger partial charge is 0.263 e. The quantitative estimate of drug-likeness (QED) is 0.279. The van der Waals surface area contributed by atoms with Crippen molar-refractivity contribution >= 4 is 21.7 Å². The van der Waals surface area contributed by atoms with Crippen LogP contribution in [0.15, 0.2) is 114 Å². The molecule has 0 aliphatic carbocycles. The first-order valence-corrected chi connectivity index (χ1v) is 11.8. The van der Waals surface area contributed by atoms with Crippen molar-refractivity contribution in [1.82, 2.24) is 9.55 Å². The molecule has 4 aromatic carbocycles. The maximum absolute atomic E-state index is 14.3. The van der Waals surface area contributed by atoms with E-state index in [1.54, 1.807) is 6.20 Å². The number of aryl methyl sites for hydroxylation is 2. The van der Waals surface area contributed by atoms with Gasteiger partial charge in [0.1, 0.15) is 0 Å². The Hall–Kier alpha value is -4.50. The third-order valence-electron chi connectivity index (χ3n) is 6.62. The minimum Gasteiger partial charge on any atom is -0.273 e. The topological polar surface area (TPSA) is 34.9 Å². The molecule has 3 nitrogen and oxygen atoms in total. The van der Waals surface area contributed by atoms with E-state index in [-0.39, 0.29) is 5.56 Å². The van der Waals surface area contributed by atoms with Gasteiger partial charge in [-0.1, -0.05) is 96.6 Å². The van der Waals surface area contributed by atoms with E-state index in [1.165, 1.54) is 0 Å². The van der Waals surface area contributed by atoms with E-state index in [0.717, 1.165) is 55.5 Å². The number of hydrogen-bond donors (Lipinski definition) is 0. The van der Waals surface area contributed by atoms with E-state index in [1.807, 2.05) is 72.2 Å². The van der Waals surface area contributed by atoms with Crippen molar-refractivity contribution < 1.29 is 0 Å². The van der Waals surface area contributed by atoms with Gasteiger partial charge in [-0.05, 0) is 48.1 Å². The third-order valence-corrected chi connectivity index (χ3v) is 6.62. The first-order valence-electron chi connectivity index (χ1n) is 11.8. The van der Waals surface area contributed by atoms with Crippen LogP contribution in [-0.2, 0) is 0 Å².